The van der Waals surface area contributed by atoms with Crippen LogP contribution >= 0.6 is 0 Å². The summed E-state index contributed by atoms with van der Waals surface area (Å²) in [4.78, 5) is 0. The van der Waals surface area contributed by atoms with Crippen LogP contribution in [0.5, 0.6) is 0 Å². The van der Waals surface area contributed by atoms with E-state index in [-0.39, 0.29) is 17.0 Å². The van der Waals surface area contributed by atoms with Gasteiger partial charge in [-0.05, 0) is 0 Å². The van der Waals surface area contributed by atoms with Crippen LogP contribution in [0.1, 0.15) is 5.56 Å². The molecule has 0 aliphatic carbocycles. The zero-order valence-corrected chi connectivity index (χ0v) is 9.33. The van der Waals surface area contributed by atoms with Crippen LogP contribution in [0.15, 0.2) is 18.2 Å². The number of benzene rings is 1. The number of rotatable bonds is 0. The first-order chi connectivity index (χ1) is 5.39. The fourth-order valence-corrected chi connectivity index (χ4v) is 1.23. The van der Waals surface area contributed by atoms with Gasteiger partial charge in [0.15, 0.2) is 0 Å². The van der Waals surface area contributed by atoms with E-state index in [1.165, 1.54) is 21.7 Å². The van der Waals surface area contributed by atoms with E-state index in [1.54, 1.807) is 0 Å². The molecule has 0 radical (unpaired) electrons. The Kier molecular flexibility index (Phi) is 4.68. The maximum atomic E-state index is 12.5. The normalized spacial score (nSPS) is 10.9. The largest absolute Gasteiger partial charge is 1.00 e. The Morgan fingerprint density at radius 1 is 1.08 bits per heavy atom. The minimum atomic E-state index is -4.46. The van der Waals surface area contributed by atoms with Crippen LogP contribution in [-0.4, -0.2) is 21.7 Å². The minimum Gasteiger partial charge on any atom is -1.00 e. The Balaban J connectivity index is 0.00000144. The molecule has 0 unspecified atom stereocenters. The SMILES string of the molecule is Fc1c[c]([Mg+])cc(C(F)(F)F)c1.[Br-]. The van der Waals surface area contributed by atoms with E-state index in [0.29, 0.717) is 9.76 Å². The van der Waals surface area contributed by atoms with Crippen LogP contribution in [0.3, 0.4) is 0 Å². The van der Waals surface area contributed by atoms with Crippen molar-refractivity contribution in [2.75, 3.05) is 0 Å². The predicted molar refractivity (Wildman–Crippen MR) is 36.8 cm³/mol. The predicted octanol–water partition coefficient (Wildman–Crippen LogP) is -1.36. The molecular formula is C7H3BrF4Mg. The second-order valence-electron chi connectivity index (χ2n) is 2.35. The van der Waals surface area contributed by atoms with E-state index >= 15 is 0 Å². The molecule has 6 heteroatoms. The van der Waals surface area contributed by atoms with Crippen LogP contribution in [0, 0.1) is 5.82 Å². The molecule has 1 aromatic carbocycles. The van der Waals surface area contributed by atoms with Crippen LogP contribution in [0.25, 0.3) is 0 Å². The number of hydrogen-bond acceptors (Lipinski definition) is 0. The average Bonchev–Trinajstić information content (AvgIpc) is 1.82. The molecular weight excluding hydrogens is 264 g/mol. The van der Waals surface area contributed by atoms with Crippen molar-refractivity contribution in [1.82, 2.24) is 0 Å². The second kappa shape index (κ2) is 4.61. The average molecular weight is 267 g/mol. The number of alkyl halides is 3. The van der Waals surface area contributed by atoms with Gasteiger partial charge in [0.05, 0.1) is 0 Å². The Hall–Kier alpha value is 0.186. The molecule has 0 nitrogen and oxygen atoms in total. The summed E-state index contributed by atoms with van der Waals surface area (Å²) in [6, 6.07) is 2.46. The van der Waals surface area contributed by atoms with Crippen LogP contribution in [0.4, 0.5) is 17.6 Å². The first-order valence-electron chi connectivity index (χ1n) is 3.09. The van der Waals surface area contributed by atoms with Gasteiger partial charge >= 0.3 is 78.7 Å². The van der Waals surface area contributed by atoms with Crippen molar-refractivity contribution in [2.24, 2.45) is 0 Å². The van der Waals surface area contributed by atoms with Gasteiger partial charge in [0.25, 0.3) is 0 Å². The molecule has 1 aromatic rings. The Bertz CT molecular complexity index is 277. The molecule has 0 heterocycles. The molecule has 13 heavy (non-hydrogen) atoms. The van der Waals surface area contributed by atoms with E-state index in [9.17, 15) is 17.6 Å². The van der Waals surface area contributed by atoms with Gasteiger partial charge in [0.2, 0.25) is 0 Å². The Morgan fingerprint density at radius 2 is 1.62 bits per heavy atom. The van der Waals surface area contributed by atoms with Gasteiger partial charge in [-0.25, -0.2) is 0 Å². The minimum absolute atomic E-state index is 0. The van der Waals surface area contributed by atoms with Crippen molar-refractivity contribution < 1.29 is 34.5 Å². The van der Waals surface area contributed by atoms with Crippen molar-refractivity contribution in [2.45, 2.75) is 6.18 Å². The summed E-state index contributed by atoms with van der Waals surface area (Å²) in [6.45, 7) is 0. The zero-order valence-electron chi connectivity index (χ0n) is 6.33. The summed E-state index contributed by atoms with van der Waals surface area (Å²) >= 11 is 1.21. The molecule has 0 bridgehead atoms. The molecule has 0 spiro atoms. The second-order valence-corrected chi connectivity index (χ2v) is 3.16. The molecule has 0 amide bonds. The van der Waals surface area contributed by atoms with E-state index in [1.807, 2.05) is 0 Å². The van der Waals surface area contributed by atoms with Gasteiger partial charge in [-0.15, -0.1) is 0 Å². The van der Waals surface area contributed by atoms with Crippen LogP contribution in [0.2, 0.25) is 0 Å². The van der Waals surface area contributed by atoms with Crippen molar-refractivity contribution in [3.8, 4) is 0 Å². The van der Waals surface area contributed by atoms with Gasteiger partial charge in [-0.1, -0.05) is 0 Å². The fourth-order valence-electron chi connectivity index (χ4n) is 0.814. The monoisotopic (exact) mass is 266 g/mol. The third kappa shape index (κ3) is 3.82. The third-order valence-corrected chi connectivity index (χ3v) is 1.69. The van der Waals surface area contributed by atoms with Gasteiger partial charge in [-0.3, -0.25) is 0 Å². The molecule has 0 aliphatic heterocycles. The van der Waals surface area contributed by atoms with E-state index in [2.05, 4.69) is 0 Å². The third-order valence-electron chi connectivity index (χ3n) is 1.28. The number of hydrogen-bond donors (Lipinski definition) is 0. The smallest absolute Gasteiger partial charge is 1.00 e. The molecule has 1 rings (SSSR count). The maximum Gasteiger partial charge on any atom is -1.00 e. The summed E-state index contributed by atoms with van der Waals surface area (Å²) in [5.41, 5.74) is -0.937. The van der Waals surface area contributed by atoms with E-state index < -0.39 is 17.6 Å². The fraction of sp³-hybridized carbons (Fsp3) is 0.143. The summed E-state index contributed by atoms with van der Waals surface area (Å²) in [7, 11) is 0. The van der Waals surface area contributed by atoms with Crippen molar-refractivity contribution in [3.63, 3.8) is 0 Å². The van der Waals surface area contributed by atoms with Crippen molar-refractivity contribution in [3.05, 3.63) is 29.6 Å². The first-order valence-corrected chi connectivity index (χ1v) is 3.80. The molecule has 0 saturated carbocycles. The molecule has 0 aliphatic rings. The topological polar surface area (TPSA) is 0 Å². The van der Waals surface area contributed by atoms with Gasteiger partial charge < -0.3 is 17.0 Å². The van der Waals surface area contributed by atoms with E-state index in [0.717, 1.165) is 12.1 Å². The van der Waals surface area contributed by atoms with Crippen LogP contribution in [-0.2, 0) is 6.18 Å². The van der Waals surface area contributed by atoms with Gasteiger partial charge in [0, 0.05) is 0 Å². The van der Waals surface area contributed by atoms with Gasteiger partial charge in [-0.2, -0.15) is 0 Å². The van der Waals surface area contributed by atoms with E-state index in [4.69, 9.17) is 0 Å². The quantitative estimate of drug-likeness (QED) is 0.402. The zero-order chi connectivity index (χ0) is 9.35. The Morgan fingerprint density at radius 3 is 2.00 bits per heavy atom. The standard InChI is InChI=1S/C7H3F4.BrH.Mg/c8-6-3-1-2-5(4-6)7(9,10)11;;/h2-4H;1H;/q;;+1/p-1. The summed E-state index contributed by atoms with van der Waals surface area (Å²) in [6.07, 6.45) is -4.46. The van der Waals surface area contributed by atoms with Crippen molar-refractivity contribution in [1.29, 1.82) is 0 Å². The van der Waals surface area contributed by atoms with Crippen molar-refractivity contribution >= 4 is 25.4 Å². The number of halogens is 5. The summed E-state index contributed by atoms with van der Waals surface area (Å²) < 4.78 is 48.7. The van der Waals surface area contributed by atoms with Crippen LogP contribution < -0.4 is 20.7 Å². The summed E-state index contributed by atoms with van der Waals surface area (Å²) in [5, 5.41) is 0. The molecule has 0 saturated heterocycles. The van der Waals surface area contributed by atoms with Gasteiger partial charge in [0.1, 0.15) is 0 Å². The Labute approximate surface area is 95.5 Å². The maximum absolute atomic E-state index is 12.5. The molecule has 0 atom stereocenters. The molecule has 68 valence electrons. The summed E-state index contributed by atoms with van der Waals surface area (Å²) in [5.74, 6) is -0.852. The molecule has 0 fully saturated rings. The molecule has 0 aromatic heterocycles. The molecule has 0 N–H and O–H groups in total. The first kappa shape index (κ1) is 13.2.